The van der Waals surface area contributed by atoms with E-state index in [9.17, 15) is 12.8 Å². The van der Waals surface area contributed by atoms with Crippen molar-refractivity contribution in [2.75, 3.05) is 10.5 Å². The van der Waals surface area contributed by atoms with E-state index in [1.807, 2.05) is 0 Å². The van der Waals surface area contributed by atoms with Crippen LogP contribution < -0.4 is 10.5 Å². The number of nitrogen functional groups attached to an aromatic ring is 1. The summed E-state index contributed by atoms with van der Waals surface area (Å²) in [6.07, 6.45) is 0. The Labute approximate surface area is 120 Å². The van der Waals surface area contributed by atoms with Crippen LogP contribution in [-0.4, -0.2) is 13.4 Å². The Morgan fingerprint density at radius 1 is 1.35 bits per heavy atom. The van der Waals surface area contributed by atoms with E-state index in [0.717, 1.165) is 6.07 Å². The van der Waals surface area contributed by atoms with Crippen LogP contribution in [0.4, 0.5) is 15.9 Å². The lowest BCUT2D eigenvalue weighted by atomic mass is 10.2. The number of nitrogens with two attached hydrogens (primary N) is 1. The van der Waals surface area contributed by atoms with E-state index in [0.29, 0.717) is 11.3 Å². The standard InChI is InChI=1S/C12H11ClFN3O2S/c1-7-5-8(13)10(6-9(7)15)20(18,19)17-12-4-2-3-11(14)16-12/h2-6H,15H2,1H3,(H,16,17). The zero-order valence-corrected chi connectivity index (χ0v) is 12.0. The molecule has 20 heavy (non-hydrogen) atoms. The highest BCUT2D eigenvalue weighted by Gasteiger charge is 2.20. The van der Waals surface area contributed by atoms with Gasteiger partial charge in [-0.05, 0) is 36.8 Å². The Kier molecular flexibility index (Phi) is 3.82. The first-order valence-corrected chi connectivity index (χ1v) is 7.37. The molecule has 2 aromatic rings. The summed E-state index contributed by atoms with van der Waals surface area (Å²) in [6, 6.07) is 6.47. The predicted molar refractivity (Wildman–Crippen MR) is 75.6 cm³/mol. The molecular weight excluding hydrogens is 305 g/mol. The minimum Gasteiger partial charge on any atom is -0.398 e. The third-order valence-electron chi connectivity index (χ3n) is 2.56. The summed E-state index contributed by atoms with van der Waals surface area (Å²) in [5.41, 5.74) is 6.64. The van der Waals surface area contributed by atoms with Gasteiger partial charge in [0, 0.05) is 5.69 Å². The van der Waals surface area contributed by atoms with Gasteiger partial charge in [-0.3, -0.25) is 4.72 Å². The predicted octanol–water partition coefficient (Wildman–Crippen LogP) is 2.57. The molecule has 106 valence electrons. The molecule has 0 amide bonds. The smallest absolute Gasteiger partial charge is 0.264 e. The van der Waals surface area contributed by atoms with Crippen LogP contribution in [-0.2, 0) is 10.0 Å². The number of hydrogen-bond acceptors (Lipinski definition) is 4. The summed E-state index contributed by atoms with van der Waals surface area (Å²) in [7, 11) is -3.99. The average Bonchev–Trinajstić information content (AvgIpc) is 2.33. The van der Waals surface area contributed by atoms with Crippen LogP contribution in [0, 0.1) is 12.9 Å². The molecule has 1 aromatic carbocycles. The van der Waals surface area contributed by atoms with Gasteiger partial charge in [-0.1, -0.05) is 17.7 Å². The Hall–Kier alpha value is -1.86. The van der Waals surface area contributed by atoms with Gasteiger partial charge in [-0.15, -0.1) is 0 Å². The normalized spacial score (nSPS) is 11.3. The van der Waals surface area contributed by atoms with Crippen molar-refractivity contribution in [2.24, 2.45) is 0 Å². The van der Waals surface area contributed by atoms with Gasteiger partial charge in [0.15, 0.2) is 0 Å². The van der Waals surface area contributed by atoms with Crippen molar-refractivity contribution >= 4 is 33.1 Å². The Balaban J connectivity index is 2.43. The van der Waals surface area contributed by atoms with Gasteiger partial charge >= 0.3 is 0 Å². The molecule has 0 saturated heterocycles. The highest BCUT2D eigenvalue weighted by Crippen LogP contribution is 2.28. The Morgan fingerprint density at radius 3 is 2.70 bits per heavy atom. The molecule has 3 N–H and O–H groups in total. The van der Waals surface area contributed by atoms with Gasteiger partial charge in [-0.25, -0.2) is 13.4 Å². The molecule has 0 atom stereocenters. The highest BCUT2D eigenvalue weighted by atomic mass is 35.5. The molecule has 0 bridgehead atoms. The number of pyridine rings is 1. The quantitative estimate of drug-likeness (QED) is 0.673. The molecule has 0 radical (unpaired) electrons. The first-order valence-electron chi connectivity index (χ1n) is 5.50. The van der Waals surface area contributed by atoms with E-state index in [-0.39, 0.29) is 15.7 Å². The molecule has 0 aliphatic carbocycles. The fourth-order valence-corrected chi connectivity index (χ4v) is 3.15. The van der Waals surface area contributed by atoms with Gasteiger partial charge < -0.3 is 5.73 Å². The minimum atomic E-state index is -3.99. The second-order valence-corrected chi connectivity index (χ2v) is 6.15. The molecule has 0 unspecified atom stereocenters. The number of sulfonamides is 1. The van der Waals surface area contributed by atoms with Gasteiger partial charge in [0.05, 0.1) is 5.02 Å². The van der Waals surface area contributed by atoms with Crippen molar-refractivity contribution < 1.29 is 12.8 Å². The highest BCUT2D eigenvalue weighted by molar-refractivity contribution is 7.92. The van der Waals surface area contributed by atoms with Crippen molar-refractivity contribution in [2.45, 2.75) is 11.8 Å². The minimum absolute atomic E-state index is 0.0283. The number of aryl methyl sites for hydroxylation is 1. The van der Waals surface area contributed by atoms with Crippen LogP contribution in [0.25, 0.3) is 0 Å². The van der Waals surface area contributed by atoms with E-state index >= 15 is 0 Å². The molecule has 2 rings (SSSR count). The fourth-order valence-electron chi connectivity index (χ4n) is 1.53. The fraction of sp³-hybridized carbons (Fsp3) is 0.0833. The van der Waals surface area contributed by atoms with Crippen molar-refractivity contribution in [3.63, 3.8) is 0 Å². The Bertz CT molecular complexity index is 765. The first-order chi connectivity index (χ1) is 9.29. The summed E-state index contributed by atoms with van der Waals surface area (Å²) < 4.78 is 39.5. The van der Waals surface area contributed by atoms with Gasteiger partial charge in [0.25, 0.3) is 10.0 Å². The number of anilines is 2. The van der Waals surface area contributed by atoms with E-state index in [4.69, 9.17) is 17.3 Å². The molecular formula is C12H11ClFN3O2S. The third-order valence-corrected chi connectivity index (χ3v) is 4.38. The number of aromatic nitrogens is 1. The maximum Gasteiger partial charge on any atom is 0.264 e. The number of nitrogens with zero attached hydrogens (tertiary/aromatic N) is 1. The second-order valence-electron chi connectivity index (χ2n) is 4.09. The summed E-state index contributed by atoms with van der Waals surface area (Å²) in [5, 5.41) is 0.0283. The van der Waals surface area contributed by atoms with Gasteiger partial charge in [0.2, 0.25) is 5.95 Å². The second kappa shape index (κ2) is 5.26. The van der Waals surface area contributed by atoms with E-state index in [1.54, 1.807) is 6.92 Å². The zero-order valence-electron chi connectivity index (χ0n) is 10.4. The molecule has 0 aliphatic rings. The van der Waals surface area contributed by atoms with Crippen LogP contribution in [0.2, 0.25) is 5.02 Å². The molecule has 0 spiro atoms. The van der Waals surface area contributed by atoms with Crippen molar-refractivity contribution in [3.8, 4) is 0 Å². The lowest BCUT2D eigenvalue weighted by Crippen LogP contribution is -2.15. The van der Waals surface area contributed by atoms with Gasteiger partial charge in [-0.2, -0.15) is 4.39 Å². The molecule has 1 heterocycles. The van der Waals surface area contributed by atoms with Crippen LogP contribution in [0.5, 0.6) is 0 Å². The van der Waals surface area contributed by atoms with Crippen LogP contribution >= 0.6 is 11.6 Å². The number of nitrogens with one attached hydrogen (secondary N) is 1. The van der Waals surface area contributed by atoms with E-state index in [2.05, 4.69) is 9.71 Å². The number of benzene rings is 1. The molecule has 0 fully saturated rings. The van der Waals surface area contributed by atoms with Crippen molar-refractivity contribution in [1.29, 1.82) is 0 Å². The first kappa shape index (κ1) is 14.5. The summed E-state index contributed by atoms with van der Waals surface area (Å²) in [5.74, 6) is -0.931. The van der Waals surface area contributed by atoms with E-state index < -0.39 is 16.0 Å². The molecule has 0 saturated carbocycles. The topological polar surface area (TPSA) is 85.1 Å². The largest absolute Gasteiger partial charge is 0.398 e. The van der Waals surface area contributed by atoms with Crippen LogP contribution in [0.1, 0.15) is 5.56 Å². The third kappa shape index (κ3) is 3.00. The molecule has 8 heteroatoms. The van der Waals surface area contributed by atoms with Gasteiger partial charge in [0.1, 0.15) is 10.7 Å². The van der Waals surface area contributed by atoms with Crippen LogP contribution in [0.15, 0.2) is 35.2 Å². The average molecular weight is 316 g/mol. The van der Waals surface area contributed by atoms with Crippen LogP contribution in [0.3, 0.4) is 0 Å². The number of rotatable bonds is 3. The van der Waals surface area contributed by atoms with Crippen molar-refractivity contribution in [1.82, 2.24) is 4.98 Å². The Morgan fingerprint density at radius 2 is 2.05 bits per heavy atom. The summed E-state index contributed by atoms with van der Waals surface area (Å²) in [6.45, 7) is 1.71. The number of hydrogen-bond donors (Lipinski definition) is 2. The summed E-state index contributed by atoms with van der Waals surface area (Å²) in [4.78, 5) is 3.24. The summed E-state index contributed by atoms with van der Waals surface area (Å²) >= 11 is 5.91. The molecule has 0 aliphatic heterocycles. The SMILES string of the molecule is Cc1cc(Cl)c(S(=O)(=O)Nc2cccc(F)n2)cc1N. The lowest BCUT2D eigenvalue weighted by Gasteiger charge is -2.10. The molecule has 5 nitrogen and oxygen atoms in total. The monoisotopic (exact) mass is 315 g/mol. The maximum atomic E-state index is 12.9. The zero-order chi connectivity index (χ0) is 14.9. The van der Waals surface area contributed by atoms with Crippen molar-refractivity contribution in [3.05, 3.63) is 46.9 Å². The number of halogens is 2. The lowest BCUT2D eigenvalue weighted by molar-refractivity contribution is 0.584. The molecule has 1 aromatic heterocycles. The van der Waals surface area contributed by atoms with E-state index in [1.165, 1.54) is 24.3 Å². The maximum absolute atomic E-state index is 12.9.